The van der Waals surface area contributed by atoms with Crippen molar-refractivity contribution < 1.29 is 9.53 Å². The van der Waals surface area contributed by atoms with E-state index in [4.69, 9.17) is 39.5 Å². The van der Waals surface area contributed by atoms with Gasteiger partial charge in [0.25, 0.3) is 0 Å². The van der Waals surface area contributed by atoms with Gasteiger partial charge in [0.1, 0.15) is 5.75 Å². The summed E-state index contributed by atoms with van der Waals surface area (Å²) in [6.45, 7) is 3.82. The normalized spacial score (nSPS) is 11.9. The van der Waals surface area contributed by atoms with Gasteiger partial charge in [-0.2, -0.15) is 0 Å². The van der Waals surface area contributed by atoms with Gasteiger partial charge in [-0.15, -0.1) is 10.2 Å². The number of carbonyl (C=O) groups excluding carboxylic acids is 1. The Bertz CT molecular complexity index is 1070. The van der Waals surface area contributed by atoms with Crippen molar-refractivity contribution in [1.82, 2.24) is 14.8 Å². The van der Waals surface area contributed by atoms with E-state index in [9.17, 15) is 4.79 Å². The van der Waals surface area contributed by atoms with Gasteiger partial charge in [-0.1, -0.05) is 46.6 Å². The third kappa shape index (κ3) is 5.60. The Kier molecular flexibility index (Phi) is 7.52. The fourth-order valence-corrected chi connectivity index (χ4v) is 3.94. The Balaban J connectivity index is 1.60. The molecule has 30 heavy (non-hydrogen) atoms. The Morgan fingerprint density at radius 1 is 1.17 bits per heavy atom. The summed E-state index contributed by atoms with van der Waals surface area (Å²) < 4.78 is 7.82. The molecule has 0 radical (unpaired) electrons. The number of aryl methyl sites for hydroxylation is 1. The SMILES string of the molecule is Cc1cc(Cl)ccc1OC(C)c1nnc(SCC(=O)Nc2ccc(Cl)c(Cl)c2)n1C. The van der Waals surface area contributed by atoms with Crippen LogP contribution in [-0.2, 0) is 11.8 Å². The van der Waals surface area contributed by atoms with Gasteiger partial charge in [0, 0.05) is 17.8 Å². The zero-order valence-electron chi connectivity index (χ0n) is 16.4. The number of halogens is 3. The number of nitrogens with one attached hydrogen (secondary N) is 1. The second-order valence-electron chi connectivity index (χ2n) is 6.54. The molecule has 3 rings (SSSR count). The predicted molar refractivity (Wildman–Crippen MR) is 122 cm³/mol. The lowest BCUT2D eigenvalue weighted by Crippen LogP contribution is -2.15. The molecular formula is C20H19Cl3N4O2S. The van der Waals surface area contributed by atoms with Crippen molar-refractivity contribution in [2.75, 3.05) is 11.1 Å². The highest BCUT2D eigenvalue weighted by atomic mass is 35.5. The van der Waals surface area contributed by atoms with E-state index < -0.39 is 0 Å². The Morgan fingerprint density at radius 3 is 2.63 bits per heavy atom. The van der Waals surface area contributed by atoms with Crippen LogP contribution in [0.25, 0.3) is 0 Å². The molecule has 2 aromatic carbocycles. The minimum absolute atomic E-state index is 0.164. The van der Waals surface area contributed by atoms with Crippen molar-refractivity contribution in [3.63, 3.8) is 0 Å². The fraction of sp³-hybridized carbons (Fsp3) is 0.250. The van der Waals surface area contributed by atoms with Crippen LogP contribution in [0.3, 0.4) is 0 Å². The highest BCUT2D eigenvalue weighted by Gasteiger charge is 2.19. The van der Waals surface area contributed by atoms with E-state index in [1.807, 2.05) is 37.6 Å². The molecule has 3 aromatic rings. The average molecular weight is 486 g/mol. The summed E-state index contributed by atoms with van der Waals surface area (Å²) in [5.41, 5.74) is 1.51. The van der Waals surface area contributed by atoms with Gasteiger partial charge in [-0.3, -0.25) is 4.79 Å². The van der Waals surface area contributed by atoms with Gasteiger partial charge in [-0.25, -0.2) is 0 Å². The van der Waals surface area contributed by atoms with E-state index in [1.54, 1.807) is 24.3 Å². The van der Waals surface area contributed by atoms with E-state index in [1.165, 1.54) is 11.8 Å². The summed E-state index contributed by atoms with van der Waals surface area (Å²) in [6.07, 6.45) is -0.332. The number of hydrogen-bond acceptors (Lipinski definition) is 5. The molecule has 0 fully saturated rings. The Labute approximate surface area is 193 Å². The number of nitrogens with zero attached hydrogens (tertiary/aromatic N) is 3. The summed E-state index contributed by atoms with van der Waals surface area (Å²) in [4.78, 5) is 12.2. The highest BCUT2D eigenvalue weighted by molar-refractivity contribution is 7.99. The molecule has 0 bridgehead atoms. The first kappa shape index (κ1) is 22.7. The number of amides is 1. The minimum atomic E-state index is -0.332. The zero-order chi connectivity index (χ0) is 21.8. The zero-order valence-corrected chi connectivity index (χ0v) is 19.5. The number of rotatable bonds is 7. The summed E-state index contributed by atoms with van der Waals surface area (Å²) in [7, 11) is 1.84. The van der Waals surface area contributed by atoms with Crippen LogP contribution in [0.4, 0.5) is 5.69 Å². The Morgan fingerprint density at radius 2 is 1.93 bits per heavy atom. The molecule has 1 unspecified atom stereocenters. The molecule has 1 aromatic heterocycles. The highest BCUT2D eigenvalue weighted by Crippen LogP contribution is 2.28. The number of thioether (sulfide) groups is 1. The maximum Gasteiger partial charge on any atom is 0.234 e. The van der Waals surface area contributed by atoms with Crippen LogP contribution in [0, 0.1) is 6.92 Å². The molecule has 0 spiro atoms. The second-order valence-corrected chi connectivity index (χ2v) is 8.73. The second kappa shape index (κ2) is 9.92. The summed E-state index contributed by atoms with van der Waals surface area (Å²) in [5, 5.41) is 13.2. The summed E-state index contributed by atoms with van der Waals surface area (Å²) in [5.74, 6) is 1.35. The van der Waals surface area contributed by atoms with Crippen molar-refractivity contribution in [3.8, 4) is 5.75 Å². The van der Waals surface area contributed by atoms with E-state index >= 15 is 0 Å². The molecule has 1 atom stereocenters. The van der Waals surface area contributed by atoms with Crippen LogP contribution in [-0.4, -0.2) is 26.4 Å². The molecule has 0 saturated heterocycles. The molecule has 0 aliphatic rings. The van der Waals surface area contributed by atoms with E-state index in [0.29, 0.717) is 31.7 Å². The number of ether oxygens (including phenoxy) is 1. The van der Waals surface area contributed by atoms with Crippen molar-refractivity contribution in [2.24, 2.45) is 7.05 Å². The van der Waals surface area contributed by atoms with E-state index in [0.717, 1.165) is 11.3 Å². The van der Waals surface area contributed by atoms with Gasteiger partial charge >= 0.3 is 0 Å². The van der Waals surface area contributed by atoms with Gasteiger partial charge < -0.3 is 14.6 Å². The fourth-order valence-electron chi connectivity index (χ4n) is 2.70. The predicted octanol–water partition coefficient (Wildman–Crippen LogP) is 5.95. The standard InChI is InChI=1S/C20H19Cl3N4O2S/c1-11-8-13(21)4-7-17(11)29-12(2)19-25-26-20(27(19)3)30-10-18(28)24-14-5-6-15(22)16(23)9-14/h4-9,12H,10H2,1-3H3,(H,24,28). The third-order valence-electron chi connectivity index (χ3n) is 4.21. The number of hydrogen-bond donors (Lipinski definition) is 1. The van der Waals surface area contributed by atoms with Crippen molar-refractivity contribution in [2.45, 2.75) is 25.1 Å². The first-order valence-corrected chi connectivity index (χ1v) is 11.1. The number of carbonyl (C=O) groups is 1. The molecule has 6 nitrogen and oxygen atoms in total. The van der Waals surface area contributed by atoms with E-state index in [2.05, 4.69) is 15.5 Å². The van der Waals surface area contributed by atoms with Crippen LogP contribution in [0.5, 0.6) is 5.75 Å². The monoisotopic (exact) mass is 484 g/mol. The largest absolute Gasteiger partial charge is 0.482 e. The molecule has 0 saturated carbocycles. The Hall–Kier alpha value is -1.93. The van der Waals surface area contributed by atoms with Gasteiger partial charge in [0.2, 0.25) is 5.91 Å². The number of benzene rings is 2. The first-order chi connectivity index (χ1) is 14.2. The van der Waals surface area contributed by atoms with Crippen molar-refractivity contribution in [1.29, 1.82) is 0 Å². The lowest BCUT2D eigenvalue weighted by Gasteiger charge is -2.16. The maximum absolute atomic E-state index is 12.2. The molecule has 10 heteroatoms. The first-order valence-electron chi connectivity index (χ1n) is 8.94. The molecule has 158 valence electrons. The van der Waals surface area contributed by atoms with Gasteiger partial charge in [0.15, 0.2) is 17.1 Å². The smallest absolute Gasteiger partial charge is 0.234 e. The summed E-state index contributed by atoms with van der Waals surface area (Å²) in [6, 6.07) is 10.4. The van der Waals surface area contributed by atoms with Crippen LogP contribution in [0.15, 0.2) is 41.6 Å². The average Bonchev–Trinajstić information content (AvgIpc) is 3.06. The maximum atomic E-state index is 12.2. The number of anilines is 1. The molecule has 1 N–H and O–H groups in total. The quantitative estimate of drug-likeness (QED) is 0.418. The van der Waals surface area contributed by atoms with Crippen LogP contribution < -0.4 is 10.1 Å². The lowest BCUT2D eigenvalue weighted by molar-refractivity contribution is -0.113. The van der Waals surface area contributed by atoms with Gasteiger partial charge in [0.05, 0.1) is 15.8 Å². The van der Waals surface area contributed by atoms with Crippen molar-refractivity contribution >= 4 is 58.2 Å². The van der Waals surface area contributed by atoms with Crippen LogP contribution in [0.2, 0.25) is 15.1 Å². The molecule has 1 heterocycles. The molecule has 0 aliphatic carbocycles. The van der Waals surface area contributed by atoms with Gasteiger partial charge in [-0.05, 0) is 55.8 Å². The number of aromatic nitrogens is 3. The topological polar surface area (TPSA) is 69.0 Å². The molecule has 0 aliphatic heterocycles. The lowest BCUT2D eigenvalue weighted by atomic mass is 10.2. The third-order valence-corrected chi connectivity index (χ3v) is 6.20. The van der Waals surface area contributed by atoms with Crippen LogP contribution in [0.1, 0.15) is 24.4 Å². The van der Waals surface area contributed by atoms with Crippen molar-refractivity contribution in [3.05, 3.63) is 62.9 Å². The van der Waals surface area contributed by atoms with Crippen LogP contribution >= 0.6 is 46.6 Å². The van der Waals surface area contributed by atoms with E-state index in [-0.39, 0.29) is 17.8 Å². The molecular weight excluding hydrogens is 467 g/mol. The minimum Gasteiger partial charge on any atom is -0.482 e. The molecule has 1 amide bonds. The summed E-state index contributed by atoms with van der Waals surface area (Å²) >= 11 is 19.1.